The normalized spacial score (nSPS) is 15.0. The molecule has 0 aromatic heterocycles. The standard InChI is InChI=1S/C25H28N4O8/c1-5-36-24(32)21-14(2)27-25(33)28-22(21)15-9-10-17(19(11-15)35-4)37-13-20(30)29-26-12-16-7-6-8-18(34-3)23(16)31/h6-12,22,31H,5,13H2,1-4H3,(H,29,30)(H2,27,28,33)/b26-12-/t22-/m0/s1. The summed E-state index contributed by atoms with van der Waals surface area (Å²) in [4.78, 5) is 36.8. The van der Waals surface area contributed by atoms with Crippen LogP contribution in [0.1, 0.15) is 31.0 Å². The minimum absolute atomic E-state index is 0.106. The number of rotatable bonds is 10. The summed E-state index contributed by atoms with van der Waals surface area (Å²) in [6.07, 6.45) is 1.27. The fourth-order valence-corrected chi connectivity index (χ4v) is 3.56. The molecule has 37 heavy (non-hydrogen) atoms. The van der Waals surface area contributed by atoms with Crippen LogP contribution in [0.2, 0.25) is 0 Å². The molecule has 1 aliphatic rings. The lowest BCUT2D eigenvalue weighted by Gasteiger charge is -2.28. The molecule has 1 atom stereocenters. The first kappa shape index (κ1) is 26.9. The van der Waals surface area contributed by atoms with Gasteiger partial charge in [0.25, 0.3) is 5.91 Å². The topological polar surface area (TPSA) is 157 Å². The Balaban J connectivity index is 1.69. The van der Waals surface area contributed by atoms with E-state index < -0.39 is 23.9 Å². The van der Waals surface area contributed by atoms with Crippen molar-refractivity contribution in [2.24, 2.45) is 5.10 Å². The Hall–Kier alpha value is -4.74. The summed E-state index contributed by atoms with van der Waals surface area (Å²) in [5.41, 5.74) is 3.85. The van der Waals surface area contributed by atoms with Crippen molar-refractivity contribution in [3.05, 3.63) is 58.8 Å². The molecule has 12 nitrogen and oxygen atoms in total. The highest BCUT2D eigenvalue weighted by atomic mass is 16.5. The van der Waals surface area contributed by atoms with Gasteiger partial charge in [-0.05, 0) is 43.7 Å². The quantitative estimate of drug-likeness (QED) is 0.214. The molecular weight excluding hydrogens is 484 g/mol. The largest absolute Gasteiger partial charge is 0.504 e. The van der Waals surface area contributed by atoms with Gasteiger partial charge in [0.05, 0.1) is 38.7 Å². The summed E-state index contributed by atoms with van der Waals surface area (Å²) in [7, 11) is 2.85. The number of amides is 3. The third-order valence-electron chi connectivity index (χ3n) is 5.29. The molecule has 0 saturated carbocycles. The summed E-state index contributed by atoms with van der Waals surface area (Å²) in [6.45, 7) is 3.11. The maximum Gasteiger partial charge on any atom is 0.338 e. The average Bonchev–Trinajstić information content (AvgIpc) is 2.88. The molecule has 12 heteroatoms. The molecule has 1 heterocycles. The molecule has 2 aromatic rings. The Morgan fingerprint density at radius 3 is 2.59 bits per heavy atom. The second-order valence-electron chi connectivity index (χ2n) is 7.68. The lowest BCUT2D eigenvalue weighted by atomic mass is 9.95. The summed E-state index contributed by atoms with van der Waals surface area (Å²) in [5.74, 6) is -0.406. The van der Waals surface area contributed by atoms with Crippen molar-refractivity contribution in [3.8, 4) is 23.0 Å². The van der Waals surface area contributed by atoms with Crippen molar-refractivity contribution in [2.45, 2.75) is 19.9 Å². The predicted octanol–water partition coefficient (Wildman–Crippen LogP) is 2.13. The number of nitrogens with one attached hydrogen (secondary N) is 3. The van der Waals surface area contributed by atoms with Crippen LogP contribution in [0.4, 0.5) is 4.79 Å². The Bertz CT molecular complexity index is 1240. The maximum absolute atomic E-state index is 12.5. The second kappa shape index (κ2) is 12.3. The molecule has 0 aliphatic carbocycles. The summed E-state index contributed by atoms with van der Waals surface area (Å²) in [5, 5.41) is 19.2. The number of hydrogen-bond donors (Lipinski definition) is 4. The number of benzene rings is 2. The van der Waals surface area contributed by atoms with Gasteiger partial charge in [-0.2, -0.15) is 5.10 Å². The van der Waals surface area contributed by atoms with Crippen molar-refractivity contribution in [3.63, 3.8) is 0 Å². The smallest absolute Gasteiger partial charge is 0.338 e. The number of phenolic OH excluding ortho intramolecular Hbond substituents is 1. The van der Waals surface area contributed by atoms with Gasteiger partial charge in [0, 0.05) is 11.3 Å². The Labute approximate surface area is 213 Å². The number of esters is 1. The van der Waals surface area contributed by atoms with Crippen LogP contribution in [0.3, 0.4) is 0 Å². The van der Waals surface area contributed by atoms with E-state index in [0.717, 1.165) is 0 Å². The van der Waals surface area contributed by atoms with E-state index in [0.29, 0.717) is 16.8 Å². The number of methoxy groups -OCH3 is 2. The molecule has 1 aliphatic heterocycles. The number of aromatic hydroxyl groups is 1. The fraction of sp³-hybridized carbons (Fsp3) is 0.280. The number of nitrogens with zero attached hydrogens (tertiary/aromatic N) is 1. The van der Waals surface area contributed by atoms with Crippen LogP contribution in [-0.4, -0.2) is 56.7 Å². The molecule has 0 spiro atoms. The molecule has 0 unspecified atom stereocenters. The van der Waals surface area contributed by atoms with E-state index in [-0.39, 0.29) is 41.8 Å². The van der Waals surface area contributed by atoms with Gasteiger partial charge in [0.15, 0.2) is 29.6 Å². The molecule has 3 rings (SSSR count). The minimum atomic E-state index is -0.776. The van der Waals surface area contributed by atoms with E-state index >= 15 is 0 Å². The monoisotopic (exact) mass is 512 g/mol. The maximum atomic E-state index is 12.5. The van der Waals surface area contributed by atoms with Gasteiger partial charge < -0.3 is 34.7 Å². The van der Waals surface area contributed by atoms with Gasteiger partial charge in [-0.1, -0.05) is 12.1 Å². The second-order valence-corrected chi connectivity index (χ2v) is 7.68. The molecule has 0 bridgehead atoms. The van der Waals surface area contributed by atoms with E-state index in [4.69, 9.17) is 18.9 Å². The number of allylic oxidation sites excluding steroid dienone is 1. The lowest BCUT2D eigenvalue weighted by molar-refractivity contribution is -0.139. The number of hydrogen-bond acceptors (Lipinski definition) is 9. The number of ether oxygens (including phenoxy) is 4. The summed E-state index contributed by atoms with van der Waals surface area (Å²) < 4.78 is 21.1. The zero-order valence-corrected chi connectivity index (χ0v) is 20.8. The van der Waals surface area contributed by atoms with Crippen LogP contribution in [0.25, 0.3) is 0 Å². The molecule has 2 aromatic carbocycles. The van der Waals surface area contributed by atoms with Crippen LogP contribution >= 0.6 is 0 Å². The number of urea groups is 1. The van der Waals surface area contributed by atoms with Crippen LogP contribution in [0, 0.1) is 0 Å². The molecule has 0 saturated heterocycles. The zero-order chi connectivity index (χ0) is 26.9. The van der Waals surface area contributed by atoms with E-state index in [1.165, 1.54) is 20.4 Å². The molecule has 0 radical (unpaired) electrons. The first-order chi connectivity index (χ1) is 17.8. The van der Waals surface area contributed by atoms with Crippen LogP contribution in [-0.2, 0) is 14.3 Å². The Kier molecular flexibility index (Phi) is 8.92. The molecule has 0 fully saturated rings. The molecule has 196 valence electrons. The summed E-state index contributed by atoms with van der Waals surface area (Å²) in [6, 6.07) is 8.42. The van der Waals surface area contributed by atoms with Gasteiger partial charge in [-0.25, -0.2) is 15.0 Å². The van der Waals surface area contributed by atoms with Crippen molar-refractivity contribution in [1.29, 1.82) is 0 Å². The highest BCUT2D eigenvalue weighted by molar-refractivity contribution is 5.95. The van der Waals surface area contributed by atoms with Crippen LogP contribution in [0.5, 0.6) is 23.0 Å². The molecular formula is C25H28N4O8. The lowest BCUT2D eigenvalue weighted by Crippen LogP contribution is -2.45. The van der Waals surface area contributed by atoms with Gasteiger partial charge in [0.2, 0.25) is 0 Å². The molecule has 3 amide bonds. The van der Waals surface area contributed by atoms with Gasteiger partial charge in [-0.15, -0.1) is 0 Å². The molecule has 4 N–H and O–H groups in total. The number of carbonyl (C=O) groups is 3. The third-order valence-corrected chi connectivity index (χ3v) is 5.29. The number of para-hydroxylation sites is 1. The van der Waals surface area contributed by atoms with E-state index in [2.05, 4.69) is 21.2 Å². The van der Waals surface area contributed by atoms with Gasteiger partial charge >= 0.3 is 12.0 Å². The number of carbonyl (C=O) groups excluding carboxylic acids is 3. The first-order valence-corrected chi connectivity index (χ1v) is 11.2. The van der Waals surface area contributed by atoms with E-state index in [1.54, 1.807) is 50.2 Å². The Morgan fingerprint density at radius 1 is 1.14 bits per heavy atom. The highest BCUT2D eigenvalue weighted by Crippen LogP contribution is 2.34. The number of phenols is 1. The van der Waals surface area contributed by atoms with Crippen molar-refractivity contribution < 1.29 is 38.4 Å². The fourth-order valence-electron chi connectivity index (χ4n) is 3.56. The van der Waals surface area contributed by atoms with E-state index in [1.807, 2.05) is 0 Å². The first-order valence-electron chi connectivity index (χ1n) is 11.2. The van der Waals surface area contributed by atoms with Crippen LogP contribution in [0.15, 0.2) is 52.8 Å². The Morgan fingerprint density at radius 2 is 1.89 bits per heavy atom. The predicted molar refractivity (Wildman–Crippen MR) is 133 cm³/mol. The minimum Gasteiger partial charge on any atom is -0.504 e. The van der Waals surface area contributed by atoms with E-state index in [9.17, 15) is 19.5 Å². The van der Waals surface area contributed by atoms with Crippen molar-refractivity contribution in [2.75, 3.05) is 27.4 Å². The average molecular weight is 513 g/mol. The highest BCUT2D eigenvalue weighted by Gasteiger charge is 2.32. The van der Waals surface area contributed by atoms with Gasteiger partial charge in [0.1, 0.15) is 0 Å². The zero-order valence-electron chi connectivity index (χ0n) is 20.8. The van der Waals surface area contributed by atoms with Crippen molar-refractivity contribution in [1.82, 2.24) is 16.1 Å². The summed E-state index contributed by atoms with van der Waals surface area (Å²) >= 11 is 0. The van der Waals surface area contributed by atoms with Gasteiger partial charge in [-0.3, -0.25) is 4.79 Å². The SMILES string of the molecule is CCOC(=O)C1=C(C)NC(=O)N[C@H]1c1ccc(OCC(=O)N/N=C\c2cccc(OC)c2O)c(OC)c1. The number of hydrazone groups is 1. The van der Waals surface area contributed by atoms with Crippen LogP contribution < -0.4 is 30.3 Å². The van der Waals surface area contributed by atoms with Crippen molar-refractivity contribution >= 4 is 24.1 Å². The third kappa shape index (κ3) is 6.48.